The molecular formula is C31H22FN5O. The van der Waals surface area contributed by atoms with Gasteiger partial charge in [-0.25, -0.2) is 9.37 Å². The average molecular weight is 500 g/mol. The summed E-state index contributed by atoms with van der Waals surface area (Å²) in [5.41, 5.74) is 11.8. The number of fused-ring (bicyclic) bond motifs is 1. The van der Waals surface area contributed by atoms with E-state index in [0.717, 1.165) is 27.6 Å². The molecule has 6 rings (SSSR count). The minimum Gasteiger partial charge on any atom is -0.458 e. The van der Waals surface area contributed by atoms with Gasteiger partial charge in [0.2, 0.25) is 0 Å². The predicted molar refractivity (Wildman–Crippen MR) is 143 cm³/mol. The Bertz CT molecular complexity index is 1820. The minimum absolute atomic E-state index is 0.338. The molecular weight excluding hydrogens is 477 g/mol. The molecule has 38 heavy (non-hydrogen) atoms. The second-order valence-electron chi connectivity index (χ2n) is 9.19. The summed E-state index contributed by atoms with van der Waals surface area (Å²) < 4.78 is 22.7. The van der Waals surface area contributed by atoms with Crippen LogP contribution in [0.15, 0.2) is 108 Å². The maximum atomic E-state index is 14.3. The van der Waals surface area contributed by atoms with E-state index in [9.17, 15) is 9.65 Å². The van der Waals surface area contributed by atoms with Crippen molar-refractivity contribution in [1.29, 1.82) is 5.26 Å². The highest BCUT2D eigenvalue weighted by atomic mass is 19.1. The number of halogens is 1. The number of benzene rings is 3. The summed E-state index contributed by atoms with van der Waals surface area (Å²) in [5, 5.41) is 10.1. The molecule has 3 heterocycles. The van der Waals surface area contributed by atoms with Crippen molar-refractivity contribution in [3.05, 3.63) is 132 Å². The molecule has 3 aromatic heterocycles. The third-order valence-electron chi connectivity index (χ3n) is 6.83. The number of furan rings is 1. The van der Waals surface area contributed by atoms with Gasteiger partial charge in [0.05, 0.1) is 29.9 Å². The molecule has 0 saturated heterocycles. The Kier molecular flexibility index (Phi) is 5.60. The smallest absolute Gasteiger partial charge is 0.142 e. The molecule has 0 amide bonds. The van der Waals surface area contributed by atoms with Crippen molar-refractivity contribution in [3.8, 4) is 28.3 Å². The molecule has 2 N–H and O–H groups in total. The lowest BCUT2D eigenvalue weighted by Crippen LogP contribution is -2.40. The molecule has 0 radical (unpaired) electrons. The number of rotatable bonds is 5. The Morgan fingerprint density at radius 2 is 1.74 bits per heavy atom. The van der Waals surface area contributed by atoms with Gasteiger partial charge in [-0.15, -0.1) is 0 Å². The fraction of sp³-hybridized carbons (Fsp3) is 0.0645. The molecule has 1 atom stereocenters. The summed E-state index contributed by atoms with van der Waals surface area (Å²) >= 11 is 0. The first kappa shape index (κ1) is 23.3. The second-order valence-corrected chi connectivity index (χ2v) is 9.19. The van der Waals surface area contributed by atoms with Crippen LogP contribution in [0.3, 0.4) is 0 Å². The van der Waals surface area contributed by atoms with Gasteiger partial charge in [0.15, 0.2) is 0 Å². The number of aryl methyl sites for hydroxylation is 1. The molecule has 6 nitrogen and oxygen atoms in total. The fourth-order valence-corrected chi connectivity index (χ4v) is 4.88. The maximum Gasteiger partial charge on any atom is 0.142 e. The number of nitriles is 1. The van der Waals surface area contributed by atoms with E-state index in [0.29, 0.717) is 28.2 Å². The average Bonchev–Trinajstić information content (AvgIpc) is 3.59. The Balaban J connectivity index is 1.64. The van der Waals surface area contributed by atoms with E-state index in [1.165, 1.54) is 12.1 Å². The summed E-state index contributed by atoms with van der Waals surface area (Å²) in [6.45, 7) is 0. The van der Waals surface area contributed by atoms with Crippen molar-refractivity contribution in [2.45, 2.75) is 5.54 Å². The number of hydrogen-bond acceptors (Lipinski definition) is 5. The molecule has 0 aliphatic carbocycles. The molecule has 0 fully saturated rings. The Labute approximate surface area is 218 Å². The van der Waals surface area contributed by atoms with Crippen LogP contribution in [0.1, 0.15) is 22.6 Å². The third-order valence-corrected chi connectivity index (χ3v) is 6.83. The van der Waals surface area contributed by atoms with Crippen molar-refractivity contribution >= 4 is 11.0 Å². The number of pyridine rings is 1. The van der Waals surface area contributed by atoms with Crippen molar-refractivity contribution in [1.82, 2.24) is 14.5 Å². The van der Waals surface area contributed by atoms with Gasteiger partial charge < -0.3 is 14.7 Å². The SMILES string of the molecule is Cn1cncc1C(N)(c1ccc(C#N)cc1)c1cc2cc(-c3cccnc3)cc(-c3cccc(F)c3)c2o1. The first-order valence-electron chi connectivity index (χ1n) is 12.0. The van der Waals surface area contributed by atoms with Gasteiger partial charge in [0.1, 0.15) is 22.7 Å². The molecule has 0 saturated carbocycles. The number of hydrogen-bond donors (Lipinski definition) is 1. The fourth-order valence-electron chi connectivity index (χ4n) is 4.88. The highest BCUT2D eigenvalue weighted by Crippen LogP contribution is 2.41. The summed E-state index contributed by atoms with van der Waals surface area (Å²) in [6.07, 6.45) is 6.90. The molecule has 0 spiro atoms. The lowest BCUT2D eigenvalue weighted by Gasteiger charge is -2.28. The topological polar surface area (TPSA) is 93.7 Å². The highest BCUT2D eigenvalue weighted by Gasteiger charge is 2.38. The van der Waals surface area contributed by atoms with E-state index in [4.69, 9.17) is 10.2 Å². The van der Waals surface area contributed by atoms with Gasteiger partial charge in [-0.1, -0.05) is 30.3 Å². The van der Waals surface area contributed by atoms with Gasteiger partial charge in [-0.2, -0.15) is 5.26 Å². The molecule has 3 aromatic carbocycles. The van der Waals surface area contributed by atoms with Crippen LogP contribution in [-0.2, 0) is 12.6 Å². The van der Waals surface area contributed by atoms with Crippen LogP contribution < -0.4 is 5.73 Å². The number of imidazole rings is 1. The van der Waals surface area contributed by atoms with Gasteiger partial charge in [-0.3, -0.25) is 4.98 Å². The van der Waals surface area contributed by atoms with E-state index < -0.39 is 5.54 Å². The zero-order valence-corrected chi connectivity index (χ0v) is 20.5. The Morgan fingerprint density at radius 1 is 0.921 bits per heavy atom. The van der Waals surface area contributed by atoms with Crippen LogP contribution in [0.5, 0.6) is 0 Å². The van der Waals surface area contributed by atoms with Crippen molar-refractivity contribution < 1.29 is 8.81 Å². The number of aromatic nitrogens is 3. The summed E-state index contributed by atoms with van der Waals surface area (Å²) in [7, 11) is 1.87. The molecule has 0 aliphatic heterocycles. The van der Waals surface area contributed by atoms with Gasteiger partial charge in [-0.05, 0) is 65.2 Å². The maximum absolute atomic E-state index is 14.3. The third kappa shape index (κ3) is 3.84. The largest absolute Gasteiger partial charge is 0.458 e. The molecule has 0 bridgehead atoms. The van der Waals surface area contributed by atoms with E-state index in [1.807, 2.05) is 60.1 Å². The summed E-state index contributed by atoms with van der Waals surface area (Å²) in [6, 6.07) is 25.5. The van der Waals surface area contributed by atoms with E-state index in [-0.39, 0.29) is 5.82 Å². The normalized spacial score (nSPS) is 12.8. The van der Waals surface area contributed by atoms with Gasteiger partial charge in [0, 0.05) is 36.0 Å². The predicted octanol–water partition coefficient (Wildman–Crippen LogP) is 6.16. The molecule has 6 aromatic rings. The van der Waals surface area contributed by atoms with Gasteiger partial charge in [0.25, 0.3) is 0 Å². The van der Waals surface area contributed by atoms with Crippen LogP contribution in [-0.4, -0.2) is 14.5 Å². The second kappa shape index (κ2) is 9.11. The molecule has 1 unspecified atom stereocenters. The molecule has 0 aliphatic rings. The summed E-state index contributed by atoms with van der Waals surface area (Å²) in [5.74, 6) is 0.150. The standard InChI is InChI=1S/C31H22FN5O/c1-37-19-36-18-28(37)31(34,25-9-7-20(16-33)8-10-25)29-15-24-12-23(22-5-3-11-35-17-22)14-27(30(24)38-29)21-4-2-6-26(32)13-21/h2-15,17-19H,34H2,1H3. The Morgan fingerprint density at radius 3 is 2.42 bits per heavy atom. The number of nitrogens with zero attached hydrogens (tertiary/aromatic N) is 4. The van der Waals surface area contributed by atoms with Crippen LogP contribution >= 0.6 is 0 Å². The minimum atomic E-state index is -1.22. The van der Waals surface area contributed by atoms with E-state index in [1.54, 1.807) is 43.1 Å². The van der Waals surface area contributed by atoms with Crippen LogP contribution in [0, 0.1) is 17.1 Å². The van der Waals surface area contributed by atoms with Gasteiger partial charge >= 0.3 is 0 Å². The van der Waals surface area contributed by atoms with E-state index >= 15 is 0 Å². The zero-order chi connectivity index (χ0) is 26.3. The lowest BCUT2D eigenvalue weighted by molar-refractivity contribution is 0.445. The van der Waals surface area contributed by atoms with Crippen LogP contribution in [0.2, 0.25) is 0 Å². The number of nitrogens with two attached hydrogens (primary N) is 1. The summed E-state index contributed by atoms with van der Waals surface area (Å²) in [4.78, 5) is 8.56. The van der Waals surface area contributed by atoms with Crippen molar-refractivity contribution in [2.75, 3.05) is 0 Å². The molecule has 7 heteroatoms. The lowest BCUT2D eigenvalue weighted by atomic mass is 9.84. The van der Waals surface area contributed by atoms with Crippen molar-refractivity contribution in [2.24, 2.45) is 12.8 Å². The highest BCUT2D eigenvalue weighted by molar-refractivity contribution is 5.97. The monoisotopic (exact) mass is 499 g/mol. The quantitative estimate of drug-likeness (QED) is 0.307. The molecule has 184 valence electrons. The first-order chi connectivity index (χ1) is 18.5. The van der Waals surface area contributed by atoms with Crippen molar-refractivity contribution in [3.63, 3.8) is 0 Å². The van der Waals surface area contributed by atoms with Crippen LogP contribution in [0.4, 0.5) is 4.39 Å². The first-order valence-corrected chi connectivity index (χ1v) is 12.0. The zero-order valence-electron chi connectivity index (χ0n) is 20.5. The Hall–Kier alpha value is -5.06. The van der Waals surface area contributed by atoms with Crippen LogP contribution in [0.25, 0.3) is 33.2 Å². The van der Waals surface area contributed by atoms with E-state index in [2.05, 4.69) is 16.0 Å².